The van der Waals surface area contributed by atoms with Gasteiger partial charge in [-0.05, 0) is 98.2 Å². The Bertz CT molecular complexity index is 762. The maximum Gasteiger partial charge on any atom is 0.0657 e. The minimum atomic E-state index is -0.471. The third-order valence-corrected chi connectivity index (χ3v) is 8.27. The summed E-state index contributed by atoms with van der Waals surface area (Å²) in [6, 6.07) is 4.31. The zero-order valence-corrected chi connectivity index (χ0v) is 16.1. The second-order valence-electron chi connectivity index (χ2n) is 9.82. The van der Waals surface area contributed by atoms with E-state index >= 15 is 0 Å². The Morgan fingerprint density at radius 3 is 2.77 bits per heavy atom. The minimum Gasteiger partial charge on any atom is -0.390 e. The van der Waals surface area contributed by atoms with Gasteiger partial charge in [0.05, 0.1) is 5.60 Å². The molecule has 0 bridgehead atoms. The topological polar surface area (TPSA) is 33.1 Å². The SMILES string of the molecule is C[C@@]1(O)CCC2C(=CC[C@@H]3[C@@H]2CC[C@]2(C)C(c4cccnc4)=CC[C@@H]32)C1. The number of allylic oxidation sites excluding steroid dienone is 3. The third kappa shape index (κ3) is 2.45. The van der Waals surface area contributed by atoms with Crippen LogP contribution in [0, 0.1) is 29.1 Å². The molecule has 2 heteroatoms. The molecule has 6 atom stereocenters. The first-order valence-corrected chi connectivity index (χ1v) is 10.5. The van der Waals surface area contributed by atoms with Crippen LogP contribution in [0.4, 0.5) is 0 Å². The fraction of sp³-hybridized carbons (Fsp3) is 0.625. The quantitative estimate of drug-likeness (QED) is 0.689. The monoisotopic (exact) mass is 349 g/mol. The lowest BCUT2D eigenvalue weighted by molar-refractivity contribution is -0.0122. The van der Waals surface area contributed by atoms with Crippen LogP contribution in [-0.4, -0.2) is 15.7 Å². The van der Waals surface area contributed by atoms with E-state index in [0.717, 1.165) is 36.5 Å². The van der Waals surface area contributed by atoms with Crippen molar-refractivity contribution in [1.82, 2.24) is 4.98 Å². The molecule has 0 aromatic carbocycles. The van der Waals surface area contributed by atoms with Gasteiger partial charge in [0.2, 0.25) is 0 Å². The lowest BCUT2D eigenvalue weighted by Crippen LogP contribution is -2.46. The molecule has 4 aliphatic rings. The molecule has 26 heavy (non-hydrogen) atoms. The van der Waals surface area contributed by atoms with Gasteiger partial charge in [-0.25, -0.2) is 0 Å². The summed E-state index contributed by atoms with van der Waals surface area (Å²) in [4.78, 5) is 4.37. The molecule has 4 aliphatic carbocycles. The van der Waals surface area contributed by atoms with E-state index in [2.05, 4.69) is 36.2 Å². The summed E-state index contributed by atoms with van der Waals surface area (Å²) in [6.07, 6.45) is 17.1. The zero-order chi connectivity index (χ0) is 17.9. The highest BCUT2D eigenvalue weighted by molar-refractivity contribution is 5.72. The zero-order valence-electron chi connectivity index (χ0n) is 16.1. The summed E-state index contributed by atoms with van der Waals surface area (Å²) >= 11 is 0. The van der Waals surface area contributed by atoms with Gasteiger partial charge >= 0.3 is 0 Å². The number of pyridine rings is 1. The van der Waals surface area contributed by atoms with Crippen molar-refractivity contribution in [3.05, 3.63) is 47.8 Å². The first-order valence-electron chi connectivity index (χ1n) is 10.5. The van der Waals surface area contributed by atoms with E-state index in [4.69, 9.17) is 0 Å². The molecule has 1 aromatic rings. The molecule has 1 heterocycles. The third-order valence-electron chi connectivity index (χ3n) is 8.27. The molecule has 138 valence electrons. The van der Waals surface area contributed by atoms with Gasteiger partial charge in [-0.1, -0.05) is 30.7 Å². The van der Waals surface area contributed by atoms with E-state index in [0.29, 0.717) is 5.41 Å². The van der Waals surface area contributed by atoms with Gasteiger partial charge in [0.1, 0.15) is 0 Å². The first-order chi connectivity index (χ1) is 12.5. The van der Waals surface area contributed by atoms with Crippen LogP contribution < -0.4 is 0 Å². The fourth-order valence-corrected chi connectivity index (χ4v) is 7.00. The molecule has 5 rings (SSSR count). The smallest absolute Gasteiger partial charge is 0.0657 e. The van der Waals surface area contributed by atoms with Crippen LogP contribution in [0.1, 0.15) is 64.4 Å². The molecule has 2 fully saturated rings. The predicted molar refractivity (Wildman–Crippen MR) is 105 cm³/mol. The molecule has 2 nitrogen and oxygen atoms in total. The van der Waals surface area contributed by atoms with Crippen LogP contribution in [-0.2, 0) is 0 Å². The first kappa shape index (κ1) is 16.7. The molecule has 1 aromatic heterocycles. The van der Waals surface area contributed by atoms with E-state index in [1.807, 2.05) is 19.3 Å². The van der Waals surface area contributed by atoms with Crippen molar-refractivity contribution in [3.63, 3.8) is 0 Å². The Labute approximate surface area is 157 Å². The highest BCUT2D eigenvalue weighted by Crippen LogP contribution is 2.63. The van der Waals surface area contributed by atoms with Gasteiger partial charge in [0, 0.05) is 12.4 Å². The van der Waals surface area contributed by atoms with Gasteiger partial charge in [0.25, 0.3) is 0 Å². The molecule has 2 saturated carbocycles. The number of hydrogen-bond acceptors (Lipinski definition) is 2. The second-order valence-corrected chi connectivity index (χ2v) is 9.82. The van der Waals surface area contributed by atoms with Crippen molar-refractivity contribution in [2.45, 2.75) is 64.4 Å². The lowest BCUT2D eigenvalue weighted by Gasteiger charge is -2.54. The number of rotatable bonds is 1. The van der Waals surface area contributed by atoms with Gasteiger partial charge in [-0.2, -0.15) is 0 Å². The van der Waals surface area contributed by atoms with Crippen LogP contribution in [0.2, 0.25) is 0 Å². The Morgan fingerprint density at radius 2 is 1.96 bits per heavy atom. The van der Waals surface area contributed by atoms with E-state index in [9.17, 15) is 5.11 Å². The van der Waals surface area contributed by atoms with Crippen molar-refractivity contribution in [3.8, 4) is 0 Å². The average Bonchev–Trinajstić information content (AvgIpc) is 2.98. The number of nitrogens with zero attached hydrogens (tertiary/aromatic N) is 1. The Hall–Kier alpha value is -1.41. The van der Waals surface area contributed by atoms with Crippen molar-refractivity contribution >= 4 is 5.57 Å². The molecule has 0 radical (unpaired) electrons. The summed E-state index contributed by atoms with van der Waals surface area (Å²) in [6.45, 7) is 4.54. The highest BCUT2D eigenvalue weighted by atomic mass is 16.3. The molecule has 0 amide bonds. The van der Waals surface area contributed by atoms with Crippen LogP contribution in [0.25, 0.3) is 5.57 Å². The maximum atomic E-state index is 10.5. The van der Waals surface area contributed by atoms with Gasteiger partial charge in [-0.3, -0.25) is 4.98 Å². The van der Waals surface area contributed by atoms with Crippen LogP contribution in [0.5, 0.6) is 0 Å². The second kappa shape index (κ2) is 5.79. The van der Waals surface area contributed by atoms with E-state index in [1.54, 1.807) is 11.1 Å². The fourth-order valence-electron chi connectivity index (χ4n) is 7.00. The van der Waals surface area contributed by atoms with Crippen LogP contribution in [0.15, 0.2) is 42.3 Å². The minimum absolute atomic E-state index is 0.315. The predicted octanol–water partition coefficient (Wildman–Crippen LogP) is 5.40. The maximum absolute atomic E-state index is 10.5. The van der Waals surface area contributed by atoms with Crippen molar-refractivity contribution in [2.24, 2.45) is 29.1 Å². The van der Waals surface area contributed by atoms with Gasteiger partial charge in [0.15, 0.2) is 0 Å². The summed E-state index contributed by atoms with van der Waals surface area (Å²) in [5.41, 5.74) is 4.30. The lowest BCUT2D eigenvalue weighted by atomic mass is 9.51. The molecule has 0 saturated heterocycles. The highest BCUT2D eigenvalue weighted by Gasteiger charge is 2.53. The van der Waals surface area contributed by atoms with Gasteiger partial charge < -0.3 is 5.11 Å². The van der Waals surface area contributed by atoms with Crippen molar-refractivity contribution in [2.75, 3.05) is 0 Å². The molecule has 1 N–H and O–H groups in total. The average molecular weight is 350 g/mol. The van der Waals surface area contributed by atoms with Crippen LogP contribution >= 0.6 is 0 Å². The molecular formula is C24H31NO. The summed E-state index contributed by atoms with van der Waals surface area (Å²) in [7, 11) is 0. The number of aliphatic hydroxyl groups is 1. The number of fused-ring (bicyclic) bond motifs is 5. The molecule has 1 unspecified atom stereocenters. The molecule has 0 spiro atoms. The summed E-state index contributed by atoms with van der Waals surface area (Å²) in [5, 5.41) is 10.5. The Morgan fingerprint density at radius 1 is 1.08 bits per heavy atom. The number of aromatic nitrogens is 1. The van der Waals surface area contributed by atoms with Crippen molar-refractivity contribution < 1.29 is 5.11 Å². The largest absolute Gasteiger partial charge is 0.390 e. The van der Waals surface area contributed by atoms with E-state index in [-0.39, 0.29) is 0 Å². The standard InChI is InChI=1S/C24H31NO/c1-23(26)11-9-18-16(14-23)5-6-20-19(18)10-12-24(2)21(7-8-22(20)24)17-4-3-13-25-15-17/h3-5,7,13,15,18-20,22,26H,6,8-12,14H2,1-2H3/t18?,19-,20-,22+,23-,24-/m1/s1. The molecular weight excluding hydrogens is 318 g/mol. The molecule has 0 aliphatic heterocycles. The Kier molecular flexibility index (Phi) is 3.73. The van der Waals surface area contributed by atoms with E-state index in [1.165, 1.54) is 37.7 Å². The normalized spacial score (nSPS) is 44.4. The van der Waals surface area contributed by atoms with Crippen molar-refractivity contribution in [1.29, 1.82) is 0 Å². The number of hydrogen-bond donors (Lipinski definition) is 1. The summed E-state index contributed by atoms with van der Waals surface area (Å²) < 4.78 is 0. The van der Waals surface area contributed by atoms with Gasteiger partial charge in [-0.15, -0.1) is 0 Å². The summed E-state index contributed by atoms with van der Waals surface area (Å²) in [5.74, 6) is 3.17. The Balaban J connectivity index is 1.44. The van der Waals surface area contributed by atoms with E-state index < -0.39 is 5.60 Å². The van der Waals surface area contributed by atoms with Crippen LogP contribution in [0.3, 0.4) is 0 Å².